The van der Waals surface area contributed by atoms with Gasteiger partial charge in [-0.15, -0.1) is 0 Å². The van der Waals surface area contributed by atoms with Gasteiger partial charge in [0.1, 0.15) is 6.07 Å². The molecule has 0 fully saturated rings. The number of pyridine rings is 1. The molecule has 1 rings (SSSR count). The van der Waals surface area contributed by atoms with Gasteiger partial charge in [0.25, 0.3) is 5.91 Å². The van der Waals surface area contributed by atoms with Crippen LogP contribution in [0.2, 0.25) is 0 Å². The molecule has 84 valence electrons. The summed E-state index contributed by atoms with van der Waals surface area (Å²) >= 11 is 0. The molecule has 1 amide bonds. The summed E-state index contributed by atoms with van der Waals surface area (Å²) in [4.78, 5) is 14.2. The smallest absolute Gasteiger partial charge is 0.355 e. The number of amides is 1. The molecule has 1 N–H and O–H groups in total. The third-order valence-electron chi connectivity index (χ3n) is 1.77. The molecule has 0 saturated heterocycles. The van der Waals surface area contributed by atoms with Gasteiger partial charge in [-0.2, -0.15) is 18.4 Å². The van der Waals surface area contributed by atoms with Crippen LogP contribution in [0.25, 0.3) is 0 Å². The first-order valence-corrected chi connectivity index (χ1v) is 4.09. The number of halogens is 3. The normalized spacial score (nSPS) is 10.7. The Labute approximate surface area is 88.7 Å². The second kappa shape index (κ2) is 4.18. The Hall–Kier alpha value is -2.10. The van der Waals surface area contributed by atoms with Crippen molar-refractivity contribution in [2.75, 3.05) is 7.05 Å². The van der Waals surface area contributed by atoms with Gasteiger partial charge in [0.15, 0.2) is 5.69 Å². The molecule has 0 unspecified atom stereocenters. The summed E-state index contributed by atoms with van der Waals surface area (Å²) < 4.78 is 37.0. The van der Waals surface area contributed by atoms with Crippen LogP contribution in [0.3, 0.4) is 0 Å². The summed E-state index contributed by atoms with van der Waals surface area (Å²) in [7, 11) is 1.33. The molecular formula is C9H6F3N3O. The fraction of sp³-hybridized carbons (Fsp3) is 0.222. The van der Waals surface area contributed by atoms with Gasteiger partial charge in [-0.1, -0.05) is 0 Å². The second-order valence-corrected chi connectivity index (χ2v) is 2.81. The molecule has 7 heteroatoms. The number of hydrogen-bond donors (Lipinski definition) is 1. The van der Waals surface area contributed by atoms with Gasteiger partial charge < -0.3 is 5.32 Å². The first-order chi connectivity index (χ1) is 7.40. The van der Waals surface area contributed by atoms with Gasteiger partial charge in [0.2, 0.25) is 0 Å². The van der Waals surface area contributed by atoms with Gasteiger partial charge in [0, 0.05) is 13.2 Å². The number of nitrogens with zero attached hydrogens (tertiary/aromatic N) is 2. The lowest BCUT2D eigenvalue weighted by atomic mass is 10.1. The van der Waals surface area contributed by atoms with Gasteiger partial charge in [0.05, 0.1) is 11.1 Å². The van der Waals surface area contributed by atoms with Crippen molar-refractivity contribution in [1.82, 2.24) is 10.3 Å². The molecule has 1 aromatic rings. The van der Waals surface area contributed by atoms with Crippen LogP contribution in [-0.2, 0) is 6.18 Å². The fourth-order valence-corrected chi connectivity index (χ4v) is 1.04. The minimum absolute atomic E-state index is 0.0907. The second-order valence-electron chi connectivity index (χ2n) is 2.81. The van der Waals surface area contributed by atoms with Crippen molar-refractivity contribution in [3.8, 4) is 6.07 Å². The molecule has 0 radical (unpaired) electrons. The highest BCUT2D eigenvalue weighted by Gasteiger charge is 2.35. The van der Waals surface area contributed by atoms with E-state index in [1.54, 1.807) is 0 Å². The lowest BCUT2D eigenvalue weighted by Crippen LogP contribution is -2.19. The maximum absolute atomic E-state index is 12.3. The molecule has 0 bridgehead atoms. The van der Waals surface area contributed by atoms with Gasteiger partial charge in [-0.25, -0.2) is 4.98 Å². The Balaban J connectivity index is 3.29. The molecule has 0 saturated carbocycles. The quantitative estimate of drug-likeness (QED) is 0.790. The highest BCUT2D eigenvalue weighted by atomic mass is 19.4. The third kappa shape index (κ3) is 2.28. The van der Waals surface area contributed by atoms with E-state index in [-0.39, 0.29) is 5.56 Å². The van der Waals surface area contributed by atoms with Gasteiger partial charge >= 0.3 is 6.18 Å². The van der Waals surface area contributed by atoms with E-state index in [1.807, 2.05) is 0 Å². The van der Waals surface area contributed by atoms with Crippen molar-refractivity contribution in [1.29, 1.82) is 5.26 Å². The standard InChI is InChI=1S/C9H6F3N3O/c1-14-8(16)6-2-5(3-13)7(15-4-6)9(10,11)12/h2,4H,1H3,(H,14,16). The van der Waals surface area contributed by atoms with Crippen LogP contribution in [0.15, 0.2) is 12.3 Å². The first-order valence-electron chi connectivity index (χ1n) is 4.09. The Kier molecular flexibility index (Phi) is 3.13. The highest BCUT2D eigenvalue weighted by molar-refractivity contribution is 5.94. The fourth-order valence-electron chi connectivity index (χ4n) is 1.04. The zero-order chi connectivity index (χ0) is 12.3. The molecule has 4 nitrogen and oxygen atoms in total. The molecule has 0 spiro atoms. The topological polar surface area (TPSA) is 65.8 Å². The summed E-state index contributed by atoms with van der Waals surface area (Å²) in [5, 5.41) is 10.8. The van der Waals surface area contributed by atoms with Gasteiger partial charge in [-0.05, 0) is 6.07 Å². The summed E-state index contributed by atoms with van der Waals surface area (Å²) in [5.74, 6) is -0.599. The zero-order valence-electron chi connectivity index (χ0n) is 8.09. The first kappa shape index (κ1) is 12.0. The maximum Gasteiger partial charge on any atom is 0.434 e. The van der Waals surface area contributed by atoms with Crippen molar-refractivity contribution in [3.63, 3.8) is 0 Å². The predicted octanol–water partition coefficient (Wildman–Crippen LogP) is 1.33. The Morgan fingerprint density at radius 1 is 1.56 bits per heavy atom. The Morgan fingerprint density at radius 2 is 2.19 bits per heavy atom. The van der Waals surface area contributed by atoms with Gasteiger partial charge in [-0.3, -0.25) is 4.79 Å². The van der Waals surface area contributed by atoms with Crippen LogP contribution < -0.4 is 5.32 Å². The minimum atomic E-state index is -4.70. The monoisotopic (exact) mass is 229 g/mol. The maximum atomic E-state index is 12.3. The Bertz CT molecular complexity index is 462. The zero-order valence-corrected chi connectivity index (χ0v) is 8.09. The summed E-state index contributed by atoms with van der Waals surface area (Å²) in [5.41, 5.74) is -2.05. The van der Waals surface area contributed by atoms with Crippen LogP contribution >= 0.6 is 0 Å². The van der Waals surface area contributed by atoms with Crippen LogP contribution in [0, 0.1) is 11.3 Å². The third-order valence-corrected chi connectivity index (χ3v) is 1.77. The average Bonchev–Trinajstić information content (AvgIpc) is 2.25. The van der Waals surface area contributed by atoms with Crippen LogP contribution in [-0.4, -0.2) is 17.9 Å². The highest BCUT2D eigenvalue weighted by Crippen LogP contribution is 2.30. The number of carbonyl (C=O) groups is 1. The summed E-state index contributed by atoms with van der Waals surface area (Å²) in [6, 6.07) is 2.21. The number of nitrogens with one attached hydrogen (secondary N) is 1. The Morgan fingerprint density at radius 3 is 2.62 bits per heavy atom. The van der Waals surface area contributed by atoms with Crippen molar-refractivity contribution >= 4 is 5.91 Å². The molecule has 0 aliphatic carbocycles. The van der Waals surface area contributed by atoms with Crippen LogP contribution in [0.1, 0.15) is 21.6 Å². The molecule has 1 heterocycles. The molecule has 0 atom stereocenters. The van der Waals surface area contributed by atoms with Crippen LogP contribution in [0.4, 0.5) is 13.2 Å². The average molecular weight is 229 g/mol. The van der Waals surface area contributed by atoms with Crippen molar-refractivity contribution < 1.29 is 18.0 Å². The number of nitriles is 1. The SMILES string of the molecule is CNC(=O)c1cnc(C(F)(F)F)c(C#N)c1. The van der Waals surface area contributed by atoms with E-state index in [0.717, 1.165) is 12.3 Å². The molecule has 0 aromatic carbocycles. The number of aromatic nitrogens is 1. The lowest BCUT2D eigenvalue weighted by Gasteiger charge is -2.08. The van der Waals surface area contributed by atoms with E-state index in [4.69, 9.17) is 5.26 Å². The van der Waals surface area contributed by atoms with E-state index >= 15 is 0 Å². The largest absolute Gasteiger partial charge is 0.434 e. The molecule has 16 heavy (non-hydrogen) atoms. The van der Waals surface area contributed by atoms with E-state index in [0.29, 0.717) is 0 Å². The van der Waals surface area contributed by atoms with Crippen molar-refractivity contribution in [3.05, 3.63) is 29.1 Å². The van der Waals surface area contributed by atoms with Crippen molar-refractivity contribution in [2.24, 2.45) is 0 Å². The predicted molar refractivity (Wildman–Crippen MR) is 47.3 cm³/mol. The summed E-state index contributed by atoms with van der Waals surface area (Å²) in [6.07, 6.45) is -3.92. The molecule has 0 aliphatic heterocycles. The van der Waals surface area contributed by atoms with E-state index in [9.17, 15) is 18.0 Å². The number of rotatable bonds is 1. The van der Waals surface area contributed by atoms with E-state index in [1.165, 1.54) is 13.1 Å². The van der Waals surface area contributed by atoms with E-state index in [2.05, 4.69) is 10.3 Å². The van der Waals surface area contributed by atoms with Crippen molar-refractivity contribution in [2.45, 2.75) is 6.18 Å². The molecule has 0 aliphatic rings. The lowest BCUT2D eigenvalue weighted by molar-refractivity contribution is -0.141. The molecule has 1 aromatic heterocycles. The molecular weight excluding hydrogens is 223 g/mol. The minimum Gasteiger partial charge on any atom is -0.355 e. The summed E-state index contributed by atoms with van der Waals surface area (Å²) in [6.45, 7) is 0. The number of alkyl halides is 3. The van der Waals surface area contributed by atoms with E-state index < -0.39 is 23.3 Å². The number of hydrogen-bond acceptors (Lipinski definition) is 3. The number of carbonyl (C=O) groups excluding carboxylic acids is 1. The van der Waals surface area contributed by atoms with Crippen LogP contribution in [0.5, 0.6) is 0 Å².